The molecule has 116 valence electrons. The van der Waals surface area contributed by atoms with Crippen molar-refractivity contribution in [3.8, 4) is 5.75 Å². The number of carbonyl (C=O) groups excluding carboxylic acids is 1. The lowest BCUT2D eigenvalue weighted by molar-refractivity contribution is -0.134. The molecule has 2 rings (SSSR count). The van der Waals surface area contributed by atoms with Crippen LogP contribution in [0.4, 0.5) is 0 Å². The summed E-state index contributed by atoms with van der Waals surface area (Å²) in [4.78, 5) is 16.2. The SMILES string of the molecule is CC(C)(Oc1ccccc1)C(=O)NCCCc1ccncc1. The maximum absolute atomic E-state index is 12.2. The van der Waals surface area contributed by atoms with Gasteiger partial charge in [-0.05, 0) is 56.5 Å². The molecule has 0 unspecified atom stereocenters. The molecule has 0 spiro atoms. The van der Waals surface area contributed by atoms with E-state index in [9.17, 15) is 4.79 Å². The Morgan fingerprint density at radius 2 is 1.82 bits per heavy atom. The van der Waals surface area contributed by atoms with E-state index in [-0.39, 0.29) is 5.91 Å². The minimum absolute atomic E-state index is 0.105. The highest BCUT2D eigenvalue weighted by Crippen LogP contribution is 2.17. The van der Waals surface area contributed by atoms with E-state index in [1.807, 2.05) is 42.5 Å². The predicted molar refractivity (Wildman–Crippen MR) is 86.7 cm³/mol. The Morgan fingerprint density at radius 1 is 1.14 bits per heavy atom. The minimum Gasteiger partial charge on any atom is -0.478 e. The highest BCUT2D eigenvalue weighted by atomic mass is 16.5. The summed E-state index contributed by atoms with van der Waals surface area (Å²) >= 11 is 0. The summed E-state index contributed by atoms with van der Waals surface area (Å²) in [5.41, 5.74) is 0.335. The van der Waals surface area contributed by atoms with Crippen molar-refractivity contribution >= 4 is 5.91 Å². The van der Waals surface area contributed by atoms with Crippen LogP contribution < -0.4 is 10.1 Å². The van der Waals surface area contributed by atoms with Gasteiger partial charge in [-0.1, -0.05) is 18.2 Å². The summed E-state index contributed by atoms with van der Waals surface area (Å²) in [6.07, 6.45) is 5.37. The summed E-state index contributed by atoms with van der Waals surface area (Å²) in [5.74, 6) is 0.588. The monoisotopic (exact) mass is 298 g/mol. The third kappa shape index (κ3) is 4.88. The van der Waals surface area contributed by atoms with Gasteiger partial charge in [-0.25, -0.2) is 0 Å². The molecule has 1 N–H and O–H groups in total. The normalized spacial score (nSPS) is 11.0. The zero-order valence-corrected chi connectivity index (χ0v) is 13.1. The second-order valence-electron chi connectivity index (χ2n) is 5.64. The first-order chi connectivity index (χ1) is 10.6. The first kappa shape index (κ1) is 16.0. The molecule has 0 aliphatic rings. The number of ether oxygens (including phenoxy) is 1. The molecule has 0 atom stereocenters. The van der Waals surface area contributed by atoms with Gasteiger partial charge in [0, 0.05) is 18.9 Å². The number of benzene rings is 1. The van der Waals surface area contributed by atoms with Crippen LogP contribution in [0.25, 0.3) is 0 Å². The van der Waals surface area contributed by atoms with Crippen LogP contribution >= 0.6 is 0 Å². The molecule has 1 heterocycles. The minimum atomic E-state index is -0.891. The first-order valence-electron chi connectivity index (χ1n) is 7.49. The van der Waals surface area contributed by atoms with E-state index in [1.54, 1.807) is 26.2 Å². The summed E-state index contributed by atoms with van der Waals surface area (Å²) in [6, 6.07) is 13.4. The number of para-hydroxylation sites is 1. The maximum Gasteiger partial charge on any atom is 0.263 e. The Balaban J connectivity index is 1.76. The summed E-state index contributed by atoms with van der Waals surface area (Å²) in [7, 11) is 0. The second-order valence-corrected chi connectivity index (χ2v) is 5.64. The van der Waals surface area contributed by atoms with E-state index >= 15 is 0 Å². The Morgan fingerprint density at radius 3 is 2.50 bits per heavy atom. The molecule has 22 heavy (non-hydrogen) atoms. The first-order valence-corrected chi connectivity index (χ1v) is 7.49. The number of nitrogens with zero attached hydrogens (tertiary/aromatic N) is 1. The number of pyridine rings is 1. The molecule has 0 saturated carbocycles. The Labute approximate surface area is 131 Å². The van der Waals surface area contributed by atoms with Gasteiger partial charge in [0.25, 0.3) is 5.91 Å². The molecule has 0 bridgehead atoms. The molecule has 1 aromatic heterocycles. The molecule has 0 aliphatic carbocycles. The molecule has 0 saturated heterocycles. The summed E-state index contributed by atoms with van der Waals surface area (Å²) in [5, 5.41) is 2.93. The van der Waals surface area contributed by atoms with Crippen LogP contribution in [-0.2, 0) is 11.2 Å². The van der Waals surface area contributed by atoms with Crippen molar-refractivity contribution in [1.29, 1.82) is 0 Å². The van der Waals surface area contributed by atoms with Crippen LogP contribution in [0, 0.1) is 0 Å². The molecule has 1 amide bonds. The Bertz CT molecular complexity index is 583. The Kier molecular flexibility index (Phi) is 5.53. The topological polar surface area (TPSA) is 51.2 Å². The van der Waals surface area contributed by atoms with Gasteiger partial charge in [0.1, 0.15) is 5.75 Å². The molecule has 4 nitrogen and oxygen atoms in total. The fourth-order valence-corrected chi connectivity index (χ4v) is 2.09. The van der Waals surface area contributed by atoms with Crippen LogP contribution in [-0.4, -0.2) is 23.0 Å². The number of carbonyl (C=O) groups is 1. The van der Waals surface area contributed by atoms with Gasteiger partial charge < -0.3 is 10.1 Å². The van der Waals surface area contributed by atoms with Crippen molar-refractivity contribution in [2.45, 2.75) is 32.3 Å². The van der Waals surface area contributed by atoms with E-state index < -0.39 is 5.60 Å². The molecule has 4 heteroatoms. The van der Waals surface area contributed by atoms with Crippen molar-refractivity contribution < 1.29 is 9.53 Å². The fourth-order valence-electron chi connectivity index (χ4n) is 2.09. The predicted octanol–water partition coefficient (Wildman–Crippen LogP) is 2.99. The van der Waals surface area contributed by atoms with Gasteiger partial charge in [0.2, 0.25) is 0 Å². The van der Waals surface area contributed by atoms with Crippen LogP contribution in [0.15, 0.2) is 54.9 Å². The number of hydrogen-bond acceptors (Lipinski definition) is 3. The van der Waals surface area contributed by atoms with Gasteiger partial charge in [0.05, 0.1) is 0 Å². The number of aromatic nitrogens is 1. The van der Waals surface area contributed by atoms with E-state index in [0.29, 0.717) is 12.3 Å². The highest BCUT2D eigenvalue weighted by molar-refractivity contribution is 5.84. The van der Waals surface area contributed by atoms with E-state index in [2.05, 4.69) is 10.3 Å². The zero-order valence-electron chi connectivity index (χ0n) is 13.1. The smallest absolute Gasteiger partial charge is 0.263 e. The van der Waals surface area contributed by atoms with Gasteiger partial charge in [-0.2, -0.15) is 0 Å². The molecule has 0 radical (unpaired) electrons. The largest absolute Gasteiger partial charge is 0.478 e. The second kappa shape index (κ2) is 7.59. The average Bonchev–Trinajstić information content (AvgIpc) is 2.53. The lowest BCUT2D eigenvalue weighted by Gasteiger charge is -2.25. The average molecular weight is 298 g/mol. The fraction of sp³-hybridized carbons (Fsp3) is 0.333. The van der Waals surface area contributed by atoms with E-state index in [0.717, 1.165) is 12.8 Å². The van der Waals surface area contributed by atoms with Gasteiger partial charge in [-0.3, -0.25) is 9.78 Å². The summed E-state index contributed by atoms with van der Waals surface area (Å²) < 4.78 is 5.76. The summed E-state index contributed by atoms with van der Waals surface area (Å²) in [6.45, 7) is 4.18. The molecule has 0 aliphatic heterocycles. The Hall–Kier alpha value is -2.36. The van der Waals surface area contributed by atoms with Gasteiger partial charge in [0.15, 0.2) is 5.60 Å². The third-order valence-corrected chi connectivity index (χ3v) is 3.34. The van der Waals surface area contributed by atoms with Crippen molar-refractivity contribution in [2.75, 3.05) is 6.54 Å². The number of hydrogen-bond donors (Lipinski definition) is 1. The molecular weight excluding hydrogens is 276 g/mol. The zero-order chi connectivity index (χ0) is 15.8. The van der Waals surface area contributed by atoms with E-state index in [1.165, 1.54) is 5.56 Å². The molecular formula is C18H22N2O2. The van der Waals surface area contributed by atoms with Crippen LogP contribution in [0.2, 0.25) is 0 Å². The standard InChI is InChI=1S/C18H22N2O2/c1-18(2,22-16-8-4-3-5-9-16)17(21)20-12-6-7-15-10-13-19-14-11-15/h3-5,8-11,13-14H,6-7,12H2,1-2H3,(H,20,21). The number of amides is 1. The maximum atomic E-state index is 12.2. The number of aryl methyl sites for hydroxylation is 1. The third-order valence-electron chi connectivity index (χ3n) is 3.34. The van der Waals surface area contributed by atoms with Crippen molar-refractivity contribution in [3.63, 3.8) is 0 Å². The van der Waals surface area contributed by atoms with Crippen LogP contribution in [0.5, 0.6) is 5.75 Å². The van der Waals surface area contributed by atoms with Crippen molar-refractivity contribution in [3.05, 3.63) is 60.4 Å². The van der Waals surface area contributed by atoms with Crippen molar-refractivity contribution in [1.82, 2.24) is 10.3 Å². The van der Waals surface area contributed by atoms with Crippen molar-refractivity contribution in [2.24, 2.45) is 0 Å². The highest BCUT2D eigenvalue weighted by Gasteiger charge is 2.29. The number of nitrogens with one attached hydrogen (secondary N) is 1. The molecule has 2 aromatic rings. The quantitative estimate of drug-likeness (QED) is 0.800. The number of rotatable bonds is 7. The lowest BCUT2D eigenvalue weighted by Crippen LogP contribution is -2.46. The molecule has 0 fully saturated rings. The van der Waals surface area contributed by atoms with E-state index in [4.69, 9.17) is 4.74 Å². The van der Waals surface area contributed by atoms with Gasteiger partial charge >= 0.3 is 0 Å². The van der Waals surface area contributed by atoms with Gasteiger partial charge in [-0.15, -0.1) is 0 Å². The van der Waals surface area contributed by atoms with Crippen LogP contribution in [0.1, 0.15) is 25.8 Å². The lowest BCUT2D eigenvalue weighted by atomic mass is 10.1. The van der Waals surface area contributed by atoms with Crippen LogP contribution in [0.3, 0.4) is 0 Å². The molecule has 1 aromatic carbocycles.